The van der Waals surface area contributed by atoms with Crippen molar-refractivity contribution in [1.82, 2.24) is 9.55 Å². The maximum Gasteiger partial charge on any atom is 0.111 e. The number of halogens is 1. The predicted molar refractivity (Wildman–Crippen MR) is 84.6 cm³/mol. The van der Waals surface area contributed by atoms with Crippen LogP contribution in [0.4, 0.5) is 0 Å². The van der Waals surface area contributed by atoms with Crippen LogP contribution in [0.25, 0.3) is 11.0 Å². The number of thioether (sulfide) groups is 1. The molecule has 4 heteroatoms. The van der Waals surface area contributed by atoms with E-state index in [1.54, 1.807) is 0 Å². The van der Waals surface area contributed by atoms with Crippen molar-refractivity contribution in [2.24, 2.45) is 0 Å². The Morgan fingerprint density at radius 2 is 2.16 bits per heavy atom. The molecule has 1 unspecified atom stereocenters. The Labute approximate surface area is 123 Å². The van der Waals surface area contributed by atoms with Crippen LogP contribution < -0.4 is 0 Å². The predicted octanol–water partition coefficient (Wildman–Crippen LogP) is 4.11. The molecule has 102 valence electrons. The Kier molecular flexibility index (Phi) is 3.77. The smallest absolute Gasteiger partial charge is 0.111 e. The molecule has 1 aromatic heterocycles. The summed E-state index contributed by atoms with van der Waals surface area (Å²) in [7, 11) is 0. The minimum atomic E-state index is 0.593. The van der Waals surface area contributed by atoms with Crippen LogP contribution in [0.2, 0.25) is 0 Å². The standard InChI is InChI=1S/C15H19ClN2S/c1-10-7-13-14(8-11(10)2)18(12-4-6-19-9-12)15(17-13)3-5-16/h7-8,12H,3-6,9H2,1-2H3. The summed E-state index contributed by atoms with van der Waals surface area (Å²) < 4.78 is 2.45. The second-order valence-electron chi connectivity index (χ2n) is 5.28. The van der Waals surface area contributed by atoms with Gasteiger partial charge in [-0.1, -0.05) is 0 Å². The van der Waals surface area contributed by atoms with Gasteiger partial charge in [-0.15, -0.1) is 11.6 Å². The van der Waals surface area contributed by atoms with E-state index in [4.69, 9.17) is 16.6 Å². The molecule has 2 aromatic rings. The molecular weight excluding hydrogens is 276 g/mol. The molecule has 1 aliphatic rings. The normalized spacial score (nSPS) is 19.4. The zero-order valence-electron chi connectivity index (χ0n) is 11.4. The first-order valence-corrected chi connectivity index (χ1v) is 8.51. The Hall–Kier alpha value is -0.670. The van der Waals surface area contributed by atoms with Gasteiger partial charge in [0.25, 0.3) is 0 Å². The van der Waals surface area contributed by atoms with Crippen LogP contribution in [0.15, 0.2) is 12.1 Å². The van der Waals surface area contributed by atoms with Crippen LogP contribution in [0.3, 0.4) is 0 Å². The lowest BCUT2D eigenvalue weighted by Crippen LogP contribution is -2.12. The van der Waals surface area contributed by atoms with Crippen molar-refractivity contribution in [2.45, 2.75) is 32.7 Å². The van der Waals surface area contributed by atoms with Crippen molar-refractivity contribution in [3.8, 4) is 0 Å². The fourth-order valence-corrected chi connectivity index (χ4v) is 4.16. The van der Waals surface area contributed by atoms with E-state index < -0.39 is 0 Å². The van der Waals surface area contributed by atoms with E-state index >= 15 is 0 Å². The highest BCUT2D eigenvalue weighted by Gasteiger charge is 2.22. The zero-order valence-corrected chi connectivity index (χ0v) is 13.0. The summed E-state index contributed by atoms with van der Waals surface area (Å²) >= 11 is 7.99. The SMILES string of the molecule is Cc1cc2nc(CCCl)n(C3CCSC3)c2cc1C. The number of alkyl halides is 1. The first-order chi connectivity index (χ1) is 9.20. The molecule has 1 aliphatic heterocycles. The molecule has 0 amide bonds. The van der Waals surface area contributed by atoms with Gasteiger partial charge in [-0.25, -0.2) is 4.98 Å². The quantitative estimate of drug-likeness (QED) is 0.793. The average molecular weight is 295 g/mol. The highest BCUT2D eigenvalue weighted by molar-refractivity contribution is 7.99. The molecule has 1 fully saturated rings. The van der Waals surface area contributed by atoms with E-state index in [0.717, 1.165) is 17.8 Å². The van der Waals surface area contributed by atoms with Crippen molar-refractivity contribution in [3.63, 3.8) is 0 Å². The summed E-state index contributed by atoms with van der Waals surface area (Å²) in [4.78, 5) is 4.82. The van der Waals surface area contributed by atoms with Crippen LogP contribution >= 0.6 is 23.4 Å². The van der Waals surface area contributed by atoms with E-state index in [1.165, 1.54) is 34.6 Å². The topological polar surface area (TPSA) is 17.8 Å². The van der Waals surface area contributed by atoms with Crippen molar-refractivity contribution in [1.29, 1.82) is 0 Å². The summed E-state index contributed by atoms with van der Waals surface area (Å²) in [6, 6.07) is 5.09. The molecule has 0 spiro atoms. The number of aryl methyl sites for hydroxylation is 3. The number of nitrogens with zero attached hydrogens (tertiary/aromatic N) is 2. The van der Waals surface area contributed by atoms with Gasteiger partial charge in [-0.2, -0.15) is 11.8 Å². The van der Waals surface area contributed by atoms with Crippen LogP contribution in [0, 0.1) is 13.8 Å². The third kappa shape index (κ3) is 2.38. The Morgan fingerprint density at radius 3 is 2.84 bits per heavy atom. The van der Waals surface area contributed by atoms with Crippen LogP contribution in [-0.4, -0.2) is 26.9 Å². The van der Waals surface area contributed by atoms with Crippen molar-refractivity contribution < 1.29 is 0 Å². The molecule has 0 radical (unpaired) electrons. The third-order valence-corrected chi connectivity index (χ3v) is 5.30. The van der Waals surface area contributed by atoms with Gasteiger partial charge in [0.1, 0.15) is 5.82 Å². The second kappa shape index (κ2) is 5.37. The molecular formula is C15H19ClN2S. The van der Waals surface area contributed by atoms with Crippen molar-refractivity contribution >= 4 is 34.4 Å². The monoisotopic (exact) mass is 294 g/mol. The molecule has 2 heterocycles. The lowest BCUT2D eigenvalue weighted by atomic mass is 10.1. The average Bonchev–Trinajstić information content (AvgIpc) is 2.98. The molecule has 19 heavy (non-hydrogen) atoms. The van der Waals surface area contributed by atoms with Gasteiger partial charge < -0.3 is 4.57 Å². The summed E-state index contributed by atoms with van der Waals surface area (Å²) in [5, 5.41) is 0. The van der Waals surface area contributed by atoms with Gasteiger partial charge in [0.15, 0.2) is 0 Å². The zero-order chi connectivity index (χ0) is 13.4. The number of benzene rings is 1. The Bertz CT molecular complexity index is 600. The van der Waals surface area contributed by atoms with E-state index in [1.807, 2.05) is 11.8 Å². The number of hydrogen-bond donors (Lipinski definition) is 0. The van der Waals surface area contributed by atoms with Gasteiger partial charge in [0.2, 0.25) is 0 Å². The first-order valence-electron chi connectivity index (χ1n) is 6.82. The molecule has 0 N–H and O–H groups in total. The summed E-state index contributed by atoms with van der Waals surface area (Å²) in [5.74, 6) is 4.26. The van der Waals surface area contributed by atoms with Crippen LogP contribution in [0.1, 0.15) is 29.4 Å². The minimum Gasteiger partial charge on any atom is -0.324 e. The van der Waals surface area contributed by atoms with E-state index in [9.17, 15) is 0 Å². The fraction of sp³-hybridized carbons (Fsp3) is 0.533. The number of hydrogen-bond acceptors (Lipinski definition) is 2. The number of rotatable bonds is 3. The molecule has 1 saturated heterocycles. The Balaban J connectivity index is 2.19. The van der Waals surface area contributed by atoms with E-state index in [0.29, 0.717) is 11.9 Å². The lowest BCUT2D eigenvalue weighted by Gasteiger charge is -2.15. The lowest BCUT2D eigenvalue weighted by molar-refractivity contribution is 0.552. The molecule has 0 bridgehead atoms. The molecule has 1 atom stereocenters. The highest BCUT2D eigenvalue weighted by Crippen LogP contribution is 2.33. The van der Waals surface area contributed by atoms with Crippen molar-refractivity contribution in [3.05, 3.63) is 29.1 Å². The molecule has 0 saturated carbocycles. The fourth-order valence-electron chi connectivity index (χ4n) is 2.79. The Morgan fingerprint density at radius 1 is 1.37 bits per heavy atom. The third-order valence-electron chi connectivity index (χ3n) is 3.97. The first kappa shape index (κ1) is 13.3. The van der Waals surface area contributed by atoms with Crippen LogP contribution in [0.5, 0.6) is 0 Å². The van der Waals surface area contributed by atoms with Gasteiger partial charge in [0.05, 0.1) is 11.0 Å². The summed E-state index contributed by atoms with van der Waals surface area (Å²) in [6.45, 7) is 4.33. The van der Waals surface area contributed by atoms with E-state index in [2.05, 4.69) is 30.5 Å². The summed E-state index contributed by atoms with van der Waals surface area (Å²) in [5.41, 5.74) is 5.07. The highest BCUT2D eigenvalue weighted by atomic mass is 35.5. The maximum atomic E-state index is 5.95. The largest absolute Gasteiger partial charge is 0.324 e. The molecule has 3 rings (SSSR count). The molecule has 1 aromatic carbocycles. The number of imidazole rings is 1. The maximum absolute atomic E-state index is 5.95. The van der Waals surface area contributed by atoms with Crippen molar-refractivity contribution in [2.75, 3.05) is 17.4 Å². The number of fused-ring (bicyclic) bond motifs is 1. The van der Waals surface area contributed by atoms with Gasteiger partial charge in [-0.3, -0.25) is 0 Å². The number of aromatic nitrogens is 2. The summed E-state index contributed by atoms with van der Waals surface area (Å²) in [6.07, 6.45) is 2.10. The minimum absolute atomic E-state index is 0.593. The van der Waals surface area contributed by atoms with Crippen LogP contribution in [-0.2, 0) is 6.42 Å². The molecule has 2 nitrogen and oxygen atoms in total. The van der Waals surface area contributed by atoms with Gasteiger partial charge in [0, 0.05) is 24.1 Å². The van der Waals surface area contributed by atoms with E-state index in [-0.39, 0.29) is 0 Å². The molecule has 0 aliphatic carbocycles. The van der Waals surface area contributed by atoms with Gasteiger partial charge >= 0.3 is 0 Å². The van der Waals surface area contributed by atoms with Gasteiger partial charge in [-0.05, 0) is 49.3 Å². The second-order valence-corrected chi connectivity index (χ2v) is 6.81.